The van der Waals surface area contributed by atoms with Crippen molar-refractivity contribution in [2.24, 2.45) is 7.05 Å². The van der Waals surface area contributed by atoms with E-state index in [0.29, 0.717) is 23.9 Å². The number of tetrazole rings is 1. The van der Waals surface area contributed by atoms with Crippen LogP contribution >= 0.6 is 11.6 Å². The number of benzene rings is 1. The second-order valence-corrected chi connectivity index (χ2v) is 4.35. The highest BCUT2D eigenvalue weighted by atomic mass is 35.5. The van der Waals surface area contributed by atoms with Crippen molar-refractivity contribution in [1.29, 1.82) is 0 Å². The first-order valence-electron chi connectivity index (χ1n) is 5.52. The normalized spacial score (nSPS) is 12.6. The monoisotopic (exact) mass is 267 g/mol. The Labute approximate surface area is 110 Å². The molecule has 0 amide bonds. The van der Waals surface area contributed by atoms with Gasteiger partial charge in [-0.25, -0.2) is 0 Å². The summed E-state index contributed by atoms with van der Waals surface area (Å²) in [5.41, 5.74) is 1.10. The number of halogens is 1. The molecule has 0 spiro atoms. The van der Waals surface area contributed by atoms with E-state index in [9.17, 15) is 5.11 Å². The third-order valence-corrected chi connectivity index (χ3v) is 2.65. The number of nitrogens with one attached hydrogen (secondary N) is 1. The van der Waals surface area contributed by atoms with Crippen molar-refractivity contribution in [3.8, 4) is 0 Å². The van der Waals surface area contributed by atoms with Crippen molar-refractivity contribution in [2.75, 3.05) is 6.54 Å². The summed E-state index contributed by atoms with van der Waals surface area (Å²) in [6.45, 7) is 1.02. The molecule has 0 unspecified atom stereocenters. The Morgan fingerprint density at radius 1 is 1.39 bits per heavy atom. The Balaban J connectivity index is 1.80. The van der Waals surface area contributed by atoms with Crippen molar-refractivity contribution < 1.29 is 5.11 Å². The molecule has 0 saturated heterocycles. The van der Waals surface area contributed by atoms with Crippen LogP contribution in [-0.4, -0.2) is 31.9 Å². The highest BCUT2D eigenvalue weighted by Gasteiger charge is 2.12. The molecule has 0 bridgehead atoms. The zero-order valence-electron chi connectivity index (χ0n) is 9.91. The van der Waals surface area contributed by atoms with Crippen LogP contribution in [0.15, 0.2) is 24.3 Å². The first kappa shape index (κ1) is 12.9. The van der Waals surface area contributed by atoms with Crippen LogP contribution in [0.1, 0.15) is 17.5 Å². The number of aromatic nitrogens is 4. The molecule has 0 saturated carbocycles. The molecule has 1 aromatic heterocycles. The van der Waals surface area contributed by atoms with E-state index in [2.05, 4.69) is 20.7 Å². The van der Waals surface area contributed by atoms with E-state index in [0.717, 1.165) is 5.56 Å². The van der Waals surface area contributed by atoms with Crippen molar-refractivity contribution in [3.63, 3.8) is 0 Å². The van der Waals surface area contributed by atoms with Gasteiger partial charge in [-0.15, -0.1) is 10.2 Å². The first-order valence-corrected chi connectivity index (χ1v) is 5.90. The van der Waals surface area contributed by atoms with E-state index in [1.165, 1.54) is 4.80 Å². The molecule has 0 fully saturated rings. The molecule has 7 heteroatoms. The smallest absolute Gasteiger partial charge is 0.204 e. The van der Waals surface area contributed by atoms with Crippen LogP contribution in [0.3, 0.4) is 0 Å². The molecule has 2 rings (SSSR count). The summed E-state index contributed by atoms with van der Waals surface area (Å²) in [7, 11) is 1.66. The highest BCUT2D eigenvalue weighted by molar-refractivity contribution is 6.30. The number of aliphatic hydroxyl groups is 1. The van der Waals surface area contributed by atoms with Crippen LogP contribution < -0.4 is 5.32 Å². The Kier molecular flexibility index (Phi) is 4.24. The molecule has 0 aliphatic rings. The van der Waals surface area contributed by atoms with Crippen LogP contribution in [0.5, 0.6) is 0 Å². The van der Waals surface area contributed by atoms with Crippen molar-refractivity contribution in [2.45, 2.75) is 12.6 Å². The molecule has 2 aromatic rings. The van der Waals surface area contributed by atoms with Crippen molar-refractivity contribution in [3.05, 3.63) is 40.7 Å². The summed E-state index contributed by atoms with van der Waals surface area (Å²) in [4.78, 5) is 1.32. The van der Waals surface area contributed by atoms with E-state index in [1.54, 1.807) is 7.05 Å². The van der Waals surface area contributed by atoms with E-state index in [-0.39, 0.29) is 0 Å². The van der Waals surface area contributed by atoms with Gasteiger partial charge in [0, 0.05) is 18.1 Å². The SMILES string of the molecule is Cn1nnc([C@H](O)CNCc2ccc(Cl)cc2)n1. The van der Waals surface area contributed by atoms with E-state index in [4.69, 9.17) is 11.6 Å². The van der Waals surface area contributed by atoms with Crippen molar-refractivity contribution in [1.82, 2.24) is 25.5 Å². The molecule has 96 valence electrons. The minimum Gasteiger partial charge on any atom is -0.384 e. The molecule has 0 aliphatic carbocycles. The van der Waals surface area contributed by atoms with Gasteiger partial charge in [-0.05, 0) is 22.9 Å². The fourth-order valence-electron chi connectivity index (χ4n) is 1.48. The summed E-state index contributed by atoms with van der Waals surface area (Å²) in [5, 5.41) is 25.0. The average Bonchev–Trinajstić information content (AvgIpc) is 2.78. The van der Waals surface area contributed by atoms with E-state index in [1.807, 2.05) is 24.3 Å². The largest absolute Gasteiger partial charge is 0.384 e. The van der Waals surface area contributed by atoms with E-state index >= 15 is 0 Å². The predicted octanol–water partition coefficient (Wildman–Crippen LogP) is 0.687. The van der Waals surface area contributed by atoms with Crippen LogP contribution in [0.4, 0.5) is 0 Å². The maximum Gasteiger partial charge on any atom is 0.204 e. The molecule has 6 nitrogen and oxygen atoms in total. The summed E-state index contributed by atoms with van der Waals surface area (Å²) in [5.74, 6) is 0.320. The first-order chi connectivity index (χ1) is 8.65. The summed E-state index contributed by atoms with van der Waals surface area (Å²) < 4.78 is 0. The minimum atomic E-state index is -0.758. The zero-order chi connectivity index (χ0) is 13.0. The maximum atomic E-state index is 9.79. The lowest BCUT2D eigenvalue weighted by Gasteiger charge is -2.08. The van der Waals surface area contributed by atoms with Crippen LogP contribution in [-0.2, 0) is 13.6 Å². The maximum absolute atomic E-state index is 9.79. The van der Waals surface area contributed by atoms with Gasteiger partial charge >= 0.3 is 0 Å². The molecule has 0 aliphatic heterocycles. The number of nitrogens with zero attached hydrogens (tertiary/aromatic N) is 4. The predicted molar refractivity (Wildman–Crippen MR) is 66.9 cm³/mol. The lowest BCUT2D eigenvalue weighted by atomic mass is 10.2. The number of hydrogen-bond donors (Lipinski definition) is 2. The topological polar surface area (TPSA) is 75.9 Å². The summed E-state index contributed by atoms with van der Waals surface area (Å²) in [6, 6.07) is 7.53. The zero-order valence-corrected chi connectivity index (χ0v) is 10.7. The number of rotatable bonds is 5. The van der Waals surface area contributed by atoms with Gasteiger partial charge in [-0.1, -0.05) is 23.7 Å². The van der Waals surface area contributed by atoms with E-state index < -0.39 is 6.10 Å². The van der Waals surface area contributed by atoms with Crippen LogP contribution in [0.25, 0.3) is 0 Å². The molecule has 1 aromatic carbocycles. The van der Waals surface area contributed by atoms with Gasteiger partial charge in [0.15, 0.2) is 0 Å². The molecular formula is C11H14ClN5O. The summed E-state index contributed by atoms with van der Waals surface area (Å²) in [6.07, 6.45) is -0.758. The Hall–Kier alpha value is -1.50. The standard InChI is InChI=1S/C11H14ClN5O/c1-17-15-11(14-16-17)10(18)7-13-6-8-2-4-9(12)5-3-8/h2-5,10,13,18H,6-7H2,1H3/t10-/m1/s1. The Morgan fingerprint density at radius 3 is 2.72 bits per heavy atom. The lowest BCUT2D eigenvalue weighted by Crippen LogP contribution is -2.21. The van der Waals surface area contributed by atoms with Gasteiger partial charge in [-0.2, -0.15) is 4.80 Å². The number of aliphatic hydroxyl groups excluding tert-OH is 1. The average molecular weight is 268 g/mol. The Morgan fingerprint density at radius 2 is 2.11 bits per heavy atom. The van der Waals surface area contributed by atoms with Gasteiger partial charge in [0.2, 0.25) is 5.82 Å². The molecule has 0 radical (unpaired) electrons. The minimum absolute atomic E-state index is 0.320. The molecule has 1 heterocycles. The van der Waals surface area contributed by atoms with Crippen molar-refractivity contribution >= 4 is 11.6 Å². The summed E-state index contributed by atoms with van der Waals surface area (Å²) >= 11 is 5.79. The second kappa shape index (κ2) is 5.90. The molecule has 1 atom stereocenters. The fourth-order valence-corrected chi connectivity index (χ4v) is 1.60. The third-order valence-electron chi connectivity index (χ3n) is 2.40. The fraction of sp³-hybridized carbons (Fsp3) is 0.364. The quantitative estimate of drug-likeness (QED) is 0.834. The molecule has 18 heavy (non-hydrogen) atoms. The van der Waals surface area contributed by atoms with Gasteiger partial charge < -0.3 is 10.4 Å². The molecule has 2 N–H and O–H groups in total. The van der Waals surface area contributed by atoms with Gasteiger partial charge in [0.25, 0.3) is 0 Å². The van der Waals surface area contributed by atoms with Crippen LogP contribution in [0.2, 0.25) is 5.02 Å². The van der Waals surface area contributed by atoms with Crippen LogP contribution in [0, 0.1) is 0 Å². The highest BCUT2D eigenvalue weighted by Crippen LogP contribution is 2.09. The third kappa shape index (κ3) is 3.49. The lowest BCUT2D eigenvalue weighted by molar-refractivity contribution is 0.164. The second-order valence-electron chi connectivity index (χ2n) is 3.91. The van der Waals surface area contributed by atoms with Gasteiger partial charge in [-0.3, -0.25) is 0 Å². The molecular weight excluding hydrogens is 254 g/mol. The Bertz CT molecular complexity index is 498. The number of hydrogen-bond acceptors (Lipinski definition) is 5. The number of aryl methyl sites for hydroxylation is 1. The van der Waals surface area contributed by atoms with Gasteiger partial charge in [0.05, 0.1) is 7.05 Å². The van der Waals surface area contributed by atoms with Gasteiger partial charge in [0.1, 0.15) is 6.10 Å².